The Hall–Kier alpha value is 1.04. The van der Waals surface area contributed by atoms with Gasteiger partial charge in [-0.15, -0.1) is 0 Å². The number of carboxylic acid groups (broad SMARTS) is 1. The number of carboxylic acids is 1. The second-order valence-electron chi connectivity index (χ2n) is 5.74. The molecule has 0 bridgehead atoms. The summed E-state index contributed by atoms with van der Waals surface area (Å²) in [4.78, 5) is 10.3. The Bertz CT molecular complexity index is 195. The van der Waals surface area contributed by atoms with Crippen molar-refractivity contribution < 1.29 is 9.90 Å². The van der Waals surface area contributed by atoms with Crippen molar-refractivity contribution >= 4 is 54.9 Å². The molecule has 1 N–H and O–H groups in total. The molecule has 2 nitrogen and oxygen atoms in total. The van der Waals surface area contributed by atoms with Crippen molar-refractivity contribution in [3.05, 3.63) is 0 Å². The van der Waals surface area contributed by atoms with Gasteiger partial charge in [0.2, 0.25) is 0 Å². The molecule has 0 aromatic heterocycles. The molecular weight excluding hydrogens is 374 g/mol. The Morgan fingerprint density at radius 2 is 0.950 bits per heavy atom. The van der Waals surface area contributed by atoms with Gasteiger partial charge in [-0.1, -0.05) is 90.4 Å². The second-order valence-corrected chi connectivity index (χ2v) is 5.74. The van der Waals surface area contributed by atoms with Crippen LogP contribution in [0.15, 0.2) is 0 Å². The molecule has 0 atom stereocenters. The van der Waals surface area contributed by atoms with Gasteiger partial charge in [0.25, 0.3) is 0 Å². The van der Waals surface area contributed by atoms with Crippen molar-refractivity contribution in [2.45, 2.75) is 103 Å². The molecule has 0 fully saturated rings. The molecule has 0 unspecified atom stereocenters. The first-order valence-corrected chi connectivity index (χ1v) is 8.49. The van der Waals surface area contributed by atoms with E-state index in [0.717, 1.165) is 12.8 Å². The number of unbranched alkanes of at least 4 members (excludes halogenated alkanes) is 13. The summed E-state index contributed by atoms with van der Waals surface area (Å²) >= 11 is 0. The van der Waals surface area contributed by atoms with Gasteiger partial charge in [0.05, 0.1) is 0 Å². The molecule has 0 aromatic rings. The molecule has 20 heavy (non-hydrogen) atoms. The maximum atomic E-state index is 10.3. The Morgan fingerprint density at radius 1 is 0.650 bits per heavy atom. The predicted octanol–water partition coefficient (Wildman–Crippen LogP) is 5.03. The fraction of sp³-hybridized carbons (Fsp3) is 0.941. The minimum atomic E-state index is -0.654. The third-order valence-corrected chi connectivity index (χ3v) is 3.74. The van der Waals surface area contributed by atoms with Crippen LogP contribution in [0.4, 0.5) is 0 Å². The normalized spacial score (nSPS) is 10.2. The monoisotopic (exact) mass is 410 g/mol. The van der Waals surface area contributed by atoms with Crippen molar-refractivity contribution in [2.75, 3.05) is 0 Å². The van der Waals surface area contributed by atoms with Crippen LogP contribution in [0, 0.1) is 0 Å². The van der Waals surface area contributed by atoms with Crippen molar-refractivity contribution in [3.63, 3.8) is 0 Å². The van der Waals surface area contributed by atoms with Crippen LogP contribution in [0.3, 0.4) is 0 Å². The Morgan fingerprint density at radius 3 is 1.25 bits per heavy atom. The number of aliphatic carboxylic acids is 1. The Labute approximate surface area is 166 Å². The van der Waals surface area contributed by atoms with Crippen LogP contribution in [0.2, 0.25) is 0 Å². The van der Waals surface area contributed by atoms with E-state index in [-0.39, 0.29) is 48.9 Å². The average molecular weight is 410 g/mol. The SMILES string of the molecule is CCCCCCCCCCCCCCCCC(=O)O.[BaH2]. The molecule has 0 saturated carbocycles. The predicted molar refractivity (Wildman–Crippen MR) is 91.1 cm³/mol. The van der Waals surface area contributed by atoms with E-state index >= 15 is 0 Å². The number of hydrogen-bond acceptors (Lipinski definition) is 1. The van der Waals surface area contributed by atoms with Gasteiger partial charge in [0.15, 0.2) is 0 Å². The molecule has 0 radical (unpaired) electrons. The van der Waals surface area contributed by atoms with E-state index in [2.05, 4.69) is 6.92 Å². The molecular formula is C17H36BaO2. The van der Waals surface area contributed by atoms with Crippen molar-refractivity contribution in [1.29, 1.82) is 0 Å². The van der Waals surface area contributed by atoms with Gasteiger partial charge in [-0.2, -0.15) is 0 Å². The zero-order valence-corrected chi connectivity index (χ0v) is 13.0. The van der Waals surface area contributed by atoms with Gasteiger partial charge < -0.3 is 5.11 Å². The summed E-state index contributed by atoms with van der Waals surface area (Å²) in [6.07, 6.45) is 18.7. The van der Waals surface area contributed by atoms with Crippen LogP contribution in [0.5, 0.6) is 0 Å². The van der Waals surface area contributed by atoms with Crippen LogP contribution in [-0.4, -0.2) is 60.0 Å². The van der Waals surface area contributed by atoms with Crippen molar-refractivity contribution in [2.24, 2.45) is 0 Å². The van der Waals surface area contributed by atoms with E-state index < -0.39 is 5.97 Å². The number of rotatable bonds is 15. The third-order valence-electron chi connectivity index (χ3n) is 3.74. The van der Waals surface area contributed by atoms with Gasteiger partial charge in [-0.05, 0) is 6.42 Å². The molecule has 0 aliphatic carbocycles. The topological polar surface area (TPSA) is 37.3 Å². The Balaban J connectivity index is 0. The van der Waals surface area contributed by atoms with Gasteiger partial charge in [-0.3, -0.25) is 4.79 Å². The van der Waals surface area contributed by atoms with E-state index in [1.54, 1.807) is 0 Å². The summed E-state index contributed by atoms with van der Waals surface area (Å²) in [5.74, 6) is -0.654. The summed E-state index contributed by atoms with van der Waals surface area (Å²) < 4.78 is 0. The number of carbonyl (C=O) groups is 1. The van der Waals surface area contributed by atoms with E-state index in [1.165, 1.54) is 77.0 Å². The van der Waals surface area contributed by atoms with Crippen molar-refractivity contribution in [1.82, 2.24) is 0 Å². The number of hydrogen-bond donors (Lipinski definition) is 1. The fourth-order valence-corrected chi connectivity index (χ4v) is 2.47. The van der Waals surface area contributed by atoms with Gasteiger partial charge >= 0.3 is 54.9 Å². The summed E-state index contributed by atoms with van der Waals surface area (Å²) in [5, 5.41) is 8.50. The molecule has 0 saturated heterocycles. The van der Waals surface area contributed by atoms with Gasteiger partial charge in [-0.25, -0.2) is 0 Å². The summed E-state index contributed by atoms with van der Waals surface area (Å²) in [6, 6.07) is 0. The summed E-state index contributed by atoms with van der Waals surface area (Å²) in [7, 11) is 0. The van der Waals surface area contributed by atoms with E-state index in [1.807, 2.05) is 0 Å². The minimum absolute atomic E-state index is 0. The van der Waals surface area contributed by atoms with Gasteiger partial charge in [0, 0.05) is 6.42 Å². The third kappa shape index (κ3) is 21.3. The molecule has 0 aliphatic heterocycles. The molecule has 0 spiro atoms. The molecule has 0 amide bonds. The summed E-state index contributed by atoms with van der Waals surface area (Å²) in [5.41, 5.74) is 0. The molecule has 0 heterocycles. The molecule has 3 heteroatoms. The van der Waals surface area contributed by atoms with Crippen LogP contribution >= 0.6 is 0 Å². The van der Waals surface area contributed by atoms with Crippen LogP contribution in [0.1, 0.15) is 103 Å². The first-order chi connectivity index (χ1) is 9.27. The first-order valence-electron chi connectivity index (χ1n) is 8.49. The molecule has 0 aliphatic rings. The zero-order chi connectivity index (χ0) is 14.2. The summed E-state index contributed by atoms with van der Waals surface area (Å²) in [6.45, 7) is 2.27. The molecule has 118 valence electrons. The molecule has 0 rings (SSSR count). The zero-order valence-electron chi connectivity index (χ0n) is 13.0. The standard InChI is InChI=1S/C17H34O2.Ba.2H/c1-2-3-4-5-6-7-8-9-10-11-12-13-14-15-16-17(18)19;;;/h2-16H2,1H3,(H,18,19);;;. The van der Waals surface area contributed by atoms with Crippen LogP contribution in [0.25, 0.3) is 0 Å². The van der Waals surface area contributed by atoms with E-state index in [9.17, 15) is 4.79 Å². The van der Waals surface area contributed by atoms with E-state index in [0.29, 0.717) is 6.42 Å². The quantitative estimate of drug-likeness (QED) is 0.304. The molecule has 0 aromatic carbocycles. The first kappa shape index (κ1) is 23.3. The van der Waals surface area contributed by atoms with Gasteiger partial charge in [0.1, 0.15) is 0 Å². The maximum absolute atomic E-state index is 10.3. The fourth-order valence-electron chi connectivity index (χ4n) is 2.47. The van der Waals surface area contributed by atoms with Crippen molar-refractivity contribution in [3.8, 4) is 0 Å². The van der Waals surface area contributed by atoms with E-state index in [4.69, 9.17) is 5.11 Å². The van der Waals surface area contributed by atoms with Crippen LogP contribution in [-0.2, 0) is 4.79 Å². The van der Waals surface area contributed by atoms with Crippen LogP contribution < -0.4 is 0 Å². The second kappa shape index (κ2) is 20.0. The average Bonchev–Trinajstić information content (AvgIpc) is 2.39. The Kier molecular flexibility index (Phi) is 23.4.